The Morgan fingerprint density at radius 1 is 1.25 bits per heavy atom. The van der Waals surface area contributed by atoms with Crippen molar-refractivity contribution < 1.29 is 4.74 Å². The van der Waals surface area contributed by atoms with Gasteiger partial charge in [-0.25, -0.2) is 0 Å². The number of benzene rings is 1. The molecule has 2 nitrogen and oxygen atoms in total. The highest BCUT2D eigenvalue weighted by atomic mass is 16.5. The molecule has 20 heavy (non-hydrogen) atoms. The van der Waals surface area contributed by atoms with E-state index in [0.717, 1.165) is 30.7 Å². The van der Waals surface area contributed by atoms with Gasteiger partial charge < -0.3 is 10.1 Å². The van der Waals surface area contributed by atoms with Gasteiger partial charge in [-0.3, -0.25) is 0 Å². The SMILES string of the molecule is CCNC(c1ccccc1OCC)C1CCCC(C)C1. The summed E-state index contributed by atoms with van der Waals surface area (Å²) in [5, 5.41) is 3.71. The minimum atomic E-state index is 0.436. The van der Waals surface area contributed by atoms with Gasteiger partial charge in [0, 0.05) is 11.6 Å². The summed E-state index contributed by atoms with van der Waals surface area (Å²) in [5.74, 6) is 2.65. The molecule has 0 aliphatic heterocycles. The van der Waals surface area contributed by atoms with E-state index in [1.807, 2.05) is 0 Å². The molecule has 2 heteroatoms. The van der Waals surface area contributed by atoms with Crippen molar-refractivity contribution in [3.8, 4) is 5.75 Å². The Kier molecular flexibility index (Phi) is 5.90. The average Bonchev–Trinajstić information content (AvgIpc) is 2.46. The van der Waals surface area contributed by atoms with E-state index in [4.69, 9.17) is 4.74 Å². The number of nitrogens with one attached hydrogen (secondary N) is 1. The molecule has 1 aliphatic rings. The van der Waals surface area contributed by atoms with Gasteiger partial charge in [-0.1, -0.05) is 44.9 Å². The Balaban J connectivity index is 2.23. The molecule has 0 amide bonds. The van der Waals surface area contributed by atoms with Crippen LogP contribution in [0.3, 0.4) is 0 Å². The smallest absolute Gasteiger partial charge is 0.124 e. The van der Waals surface area contributed by atoms with Crippen molar-refractivity contribution in [3.63, 3.8) is 0 Å². The first-order valence-electron chi connectivity index (χ1n) is 8.21. The zero-order valence-corrected chi connectivity index (χ0v) is 13.2. The summed E-state index contributed by atoms with van der Waals surface area (Å²) < 4.78 is 5.84. The number of ether oxygens (including phenoxy) is 1. The molecule has 0 radical (unpaired) electrons. The quantitative estimate of drug-likeness (QED) is 0.821. The van der Waals surface area contributed by atoms with Crippen molar-refractivity contribution >= 4 is 0 Å². The van der Waals surface area contributed by atoms with Crippen LogP contribution in [0.2, 0.25) is 0 Å². The van der Waals surface area contributed by atoms with Gasteiger partial charge in [-0.15, -0.1) is 0 Å². The second-order valence-corrected chi connectivity index (χ2v) is 6.04. The molecule has 0 saturated heterocycles. The third kappa shape index (κ3) is 3.76. The maximum atomic E-state index is 5.84. The fourth-order valence-electron chi connectivity index (χ4n) is 3.56. The van der Waals surface area contributed by atoms with Crippen molar-refractivity contribution in [1.82, 2.24) is 5.32 Å². The molecule has 0 spiro atoms. The summed E-state index contributed by atoms with van der Waals surface area (Å²) in [4.78, 5) is 0. The Bertz CT molecular complexity index is 404. The van der Waals surface area contributed by atoms with Gasteiger partial charge in [0.05, 0.1) is 6.61 Å². The van der Waals surface area contributed by atoms with E-state index in [0.29, 0.717) is 6.04 Å². The normalized spacial score (nSPS) is 24.4. The molecule has 0 heterocycles. The first-order valence-corrected chi connectivity index (χ1v) is 8.21. The Morgan fingerprint density at radius 3 is 2.75 bits per heavy atom. The fourth-order valence-corrected chi connectivity index (χ4v) is 3.56. The maximum absolute atomic E-state index is 5.84. The molecule has 0 bridgehead atoms. The van der Waals surface area contributed by atoms with Crippen LogP contribution in [-0.4, -0.2) is 13.2 Å². The highest BCUT2D eigenvalue weighted by molar-refractivity contribution is 5.36. The third-order valence-corrected chi connectivity index (χ3v) is 4.43. The molecule has 2 rings (SSSR count). The van der Waals surface area contributed by atoms with E-state index >= 15 is 0 Å². The molecule has 112 valence electrons. The van der Waals surface area contributed by atoms with E-state index < -0.39 is 0 Å². The lowest BCUT2D eigenvalue weighted by Gasteiger charge is -2.34. The van der Waals surface area contributed by atoms with Crippen LogP contribution in [0.1, 0.15) is 58.1 Å². The van der Waals surface area contributed by atoms with Crippen LogP contribution in [0.4, 0.5) is 0 Å². The van der Waals surface area contributed by atoms with Gasteiger partial charge in [0.15, 0.2) is 0 Å². The van der Waals surface area contributed by atoms with Crippen molar-refractivity contribution in [3.05, 3.63) is 29.8 Å². The van der Waals surface area contributed by atoms with Gasteiger partial charge in [-0.2, -0.15) is 0 Å². The molecular formula is C18H29NO. The predicted molar refractivity (Wildman–Crippen MR) is 85.2 cm³/mol. The van der Waals surface area contributed by atoms with Crippen LogP contribution in [0.25, 0.3) is 0 Å². The molecule has 1 aromatic rings. The summed E-state index contributed by atoms with van der Waals surface area (Å²) in [6.07, 6.45) is 5.42. The number of hydrogen-bond donors (Lipinski definition) is 1. The minimum Gasteiger partial charge on any atom is -0.494 e. The molecular weight excluding hydrogens is 246 g/mol. The molecule has 0 aromatic heterocycles. The van der Waals surface area contributed by atoms with Crippen molar-refractivity contribution in [1.29, 1.82) is 0 Å². The highest BCUT2D eigenvalue weighted by Crippen LogP contribution is 2.39. The minimum absolute atomic E-state index is 0.436. The highest BCUT2D eigenvalue weighted by Gasteiger charge is 2.28. The largest absolute Gasteiger partial charge is 0.494 e. The first-order chi connectivity index (χ1) is 9.76. The number of para-hydroxylation sites is 1. The van der Waals surface area contributed by atoms with E-state index in [2.05, 4.69) is 50.4 Å². The zero-order valence-electron chi connectivity index (χ0n) is 13.2. The van der Waals surface area contributed by atoms with Crippen molar-refractivity contribution in [2.45, 2.75) is 52.5 Å². The van der Waals surface area contributed by atoms with Gasteiger partial charge in [-0.05, 0) is 44.2 Å². The van der Waals surface area contributed by atoms with Crippen LogP contribution in [0.15, 0.2) is 24.3 Å². The number of rotatable bonds is 6. The monoisotopic (exact) mass is 275 g/mol. The molecule has 1 aliphatic carbocycles. The van der Waals surface area contributed by atoms with Gasteiger partial charge >= 0.3 is 0 Å². The Morgan fingerprint density at radius 2 is 2.05 bits per heavy atom. The van der Waals surface area contributed by atoms with Gasteiger partial charge in [0.1, 0.15) is 5.75 Å². The van der Waals surface area contributed by atoms with E-state index in [1.165, 1.54) is 31.2 Å². The Hall–Kier alpha value is -1.02. The standard InChI is InChI=1S/C18H29NO/c1-4-19-18(15-10-8-9-14(3)13-15)16-11-6-7-12-17(16)20-5-2/h6-7,11-12,14-15,18-19H,4-5,8-10,13H2,1-3H3. The molecule has 3 unspecified atom stereocenters. The zero-order chi connectivity index (χ0) is 14.4. The van der Waals surface area contributed by atoms with Crippen LogP contribution >= 0.6 is 0 Å². The van der Waals surface area contributed by atoms with E-state index in [1.54, 1.807) is 0 Å². The second kappa shape index (κ2) is 7.68. The lowest BCUT2D eigenvalue weighted by atomic mass is 9.76. The van der Waals surface area contributed by atoms with Crippen LogP contribution < -0.4 is 10.1 Å². The summed E-state index contributed by atoms with van der Waals surface area (Å²) in [6.45, 7) is 8.39. The third-order valence-electron chi connectivity index (χ3n) is 4.43. The van der Waals surface area contributed by atoms with E-state index in [-0.39, 0.29) is 0 Å². The number of hydrogen-bond acceptors (Lipinski definition) is 2. The lowest BCUT2D eigenvalue weighted by molar-refractivity contribution is 0.220. The molecule has 1 N–H and O–H groups in total. The maximum Gasteiger partial charge on any atom is 0.124 e. The molecule has 1 aromatic carbocycles. The summed E-state index contributed by atoms with van der Waals surface area (Å²) in [6, 6.07) is 8.98. The Labute approximate surface area is 123 Å². The van der Waals surface area contributed by atoms with Crippen molar-refractivity contribution in [2.75, 3.05) is 13.2 Å². The summed E-state index contributed by atoms with van der Waals surface area (Å²) >= 11 is 0. The second-order valence-electron chi connectivity index (χ2n) is 6.04. The summed E-state index contributed by atoms with van der Waals surface area (Å²) in [5.41, 5.74) is 1.34. The predicted octanol–water partition coefficient (Wildman–Crippen LogP) is 4.56. The average molecular weight is 275 g/mol. The van der Waals surface area contributed by atoms with Crippen molar-refractivity contribution in [2.24, 2.45) is 11.8 Å². The first kappa shape index (κ1) is 15.4. The van der Waals surface area contributed by atoms with Crippen LogP contribution in [-0.2, 0) is 0 Å². The fraction of sp³-hybridized carbons (Fsp3) is 0.667. The van der Waals surface area contributed by atoms with Crippen LogP contribution in [0.5, 0.6) is 5.75 Å². The van der Waals surface area contributed by atoms with Crippen LogP contribution in [0, 0.1) is 11.8 Å². The summed E-state index contributed by atoms with van der Waals surface area (Å²) in [7, 11) is 0. The molecule has 1 saturated carbocycles. The topological polar surface area (TPSA) is 21.3 Å². The molecule has 3 atom stereocenters. The molecule has 1 fully saturated rings. The van der Waals surface area contributed by atoms with Gasteiger partial charge in [0.2, 0.25) is 0 Å². The lowest BCUT2D eigenvalue weighted by Crippen LogP contribution is -2.31. The van der Waals surface area contributed by atoms with Gasteiger partial charge in [0.25, 0.3) is 0 Å². The van der Waals surface area contributed by atoms with E-state index in [9.17, 15) is 0 Å².